The number of benzene rings is 1. The molecule has 0 radical (unpaired) electrons. The third kappa shape index (κ3) is 10.2. The fourth-order valence-corrected chi connectivity index (χ4v) is 2.97. The van der Waals surface area contributed by atoms with E-state index in [1.54, 1.807) is 19.0 Å². The average molecular weight is 545 g/mol. The van der Waals surface area contributed by atoms with Crippen LogP contribution in [0.1, 0.15) is 32.8 Å². The number of carbonyl (C=O) groups is 2. The lowest BCUT2D eigenvalue weighted by molar-refractivity contribution is -0.127. The van der Waals surface area contributed by atoms with E-state index in [4.69, 9.17) is 4.74 Å². The van der Waals surface area contributed by atoms with Crippen molar-refractivity contribution in [2.75, 3.05) is 40.3 Å². The molecule has 1 aliphatic heterocycles. The maximum Gasteiger partial charge on any atom is 0.410 e. The van der Waals surface area contributed by atoms with Crippen LogP contribution < -0.4 is 10.6 Å². The van der Waals surface area contributed by atoms with Crippen molar-refractivity contribution in [3.8, 4) is 0 Å². The first-order valence-corrected chi connectivity index (χ1v) is 10.4. The van der Waals surface area contributed by atoms with Crippen LogP contribution in [-0.2, 0) is 16.0 Å². The lowest BCUT2D eigenvalue weighted by atomic mass is 10.1. The molecule has 1 fully saturated rings. The van der Waals surface area contributed by atoms with Crippen LogP contribution in [0.2, 0.25) is 0 Å². The summed E-state index contributed by atoms with van der Waals surface area (Å²) in [6.45, 7) is 7.50. The molecular formula is C22H36IN5O3. The molecule has 2 rings (SSSR count). The molecular weight excluding hydrogens is 509 g/mol. The molecule has 0 spiro atoms. The number of halogens is 1. The number of hydrogen-bond donors (Lipinski definition) is 2. The van der Waals surface area contributed by atoms with Crippen molar-refractivity contribution in [3.63, 3.8) is 0 Å². The van der Waals surface area contributed by atoms with Gasteiger partial charge in [0.25, 0.3) is 0 Å². The SMILES string of the molecule is CN(C)C(=O)CN=C(NCCc1ccccc1)NC1CCN(C(=O)OC(C)(C)C)C1.I. The second-order valence-corrected chi connectivity index (χ2v) is 8.67. The fourth-order valence-electron chi connectivity index (χ4n) is 2.97. The predicted octanol–water partition coefficient (Wildman–Crippen LogP) is 2.48. The van der Waals surface area contributed by atoms with Crippen LogP contribution in [0.15, 0.2) is 35.3 Å². The van der Waals surface area contributed by atoms with Gasteiger partial charge in [0.15, 0.2) is 5.96 Å². The molecule has 0 bridgehead atoms. The summed E-state index contributed by atoms with van der Waals surface area (Å²) in [7, 11) is 3.42. The number of likely N-dealkylation sites (tertiary alicyclic amines) is 1. The van der Waals surface area contributed by atoms with Crippen LogP contribution in [0.3, 0.4) is 0 Å². The first-order chi connectivity index (χ1) is 14.1. The van der Waals surface area contributed by atoms with E-state index in [1.807, 2.05) is 39.0 Å². The van der Waals surface area contributed by atoms with E-state index in [1.165, 1.54) is 10.5 Å². The van der Waals surface area contributed by atoms with Gasteiger partial charge in [-0.25, -0.2) is 9.79 Å². The van der Waals surface area contributed by atoms with Gasteiger partial charge in [-0.15, -0.1) is 24.0 Å². The van der Waals surface area contributed by atoms with E-state index in [0.717, 1.165) is 12.8 Å². The molecule has 0 aromatic heterocycles. The van der Waals surface area contributed by atoms with Crippen LogP contribution in [0.4, 0.5) is 4.79 Å². The molecule has 174 valence electrons. The number of amides is 2. The highest BCUT2D eigenvalue weighted by Crippen LogP contribution is 2.15. The first kappa shape index (κ1) is 27.0. The molecule has 1 saturated heterocycles. The highest BCUT2D eigenvalue weighted by atomic mass is 127. The van der Waals surface area contributed by atoms with Gasteiger partial charge in [0.2, 0.25) is 5.91 Å². The van der Waals surface area contributed by atoms with Gasteiger partial charge in [0.05, 0.1) is 0 Å². The highest BCUT2D eigenvalue weighted by molar-refractivity contribution is 14.0. The molecule has 1 atom stereocenters. The lowest BCUT2D eigenvalue weighted by Crippen LogP contribution is -2.46. The van der Waals surface area contributed by atoms with E-state index in [0.29, 0.717) is 25.6 Å². The van der Waals surface area contributed by atoms with E-state index in [9.17, 15) is 9.59 Å². The Morgan fingerprint density at radius 1 is 1.23 bits per heavy atom. The predicted molar refractivity (Wildman–Crippen MR) is 134 cm³/mol. The van der Waals surface area contributed by atoms with Gasteiger partial charge in [-0.2, -0.15) is 0 Å². The minimum absolute atomic E-state index is 0. The van der Waals surface area contributed by atoms with Crippen LogP contribution in [0, 0.1) is 0 Å². The van der Waals surface area contributed by atoms with Crippen molar-refractivity contribution in [2.24, 2.45) is 4.99 Å². The first-order valence-electron chi connectivity index (χ1n) is 10.4. The molecule has 1 aromatic rings. The van der Waals surface area contributed by atoms with Crippen LogP contribution in [-0.4, -0.2) is 79.7 Å². The molecule has 0 aliphatic carbocycles. The van der Waals surface area contributed by atoms with E-state index in [-0.39, 0.29) is 48.6 Å². The van der Waals surface area contributed by atoms with Crippen molar-refractivity contribution in [1.82, 2.24) is 20.4 Å². The molecule has 8 nitrogen and oxygen atoms in total. The van der Waals surface area contributed by atoms with Crippen LogP contribution in [0.5, 0.6) is 0 Å². The Labute approximate surface area is 202 Å². The number of rotatable bonds is 6. The van der Waals surface area contributed by atoms with Crippen molar-refractivity contribution >= 4 is 41.9 Å². The minimum Gasteiger partial charge on any atom is -0.444 e. The Hall–Kier alpha value is -2.04. The maximum atomic E-state index is 12.3. The summed E-state index contributed by atoms with van der Waals surface area (Å²) in [6.07, 6.45) is 1.34. The van der Waals surface area contributed by atoms with E-state index < -0.39 is 5.60 Å². The number of guanidine groups is 1. The largest absolute Gasteiger partial charge is 0.444 e. The van der Waals surface area contributed by atoms with Crippen molar-refractivity contribution in [2.45, 2.75) is 45.3 Å². The average Bonchev–Trinajstić information content (AvgIpc) is 3.14. The fraction of sp³-hybridized carbons (Fsp3) is 0.591. The molecule has 1 aliphatic rings. The summed E-state index contributed by atoms with van der Waals surface area (Å²) in [5, 5.41) is 6.67. The Balaban J connectivity index is 0.00000480. The number of carbonyl (C=O) groups excluding carboxylic acids is 2. The third-order valence-corrected chi connectivity index (χ3v) is 4.60. The zero-order valence-electron chi connectivity index (χ0n) is 19.2. The topological polar surface area (TPSA) is 86.3 Å². The lowest BCUT2D eigenvalue weighted by Gasteiger charge is -2.24. The van der Waals surface area contributed by atoms with Gasteiger partial charge in [-0.05, 0) is 39.2 Å². The second-order valence-electron chi connectivity index (χ2n) is 8.67. The number of ether oxygens (including phenoxy) is 1. The molecule has 1 aromatic carbocycles. The van der Waals surface area contributed by atoms with Gasteiger partial charge in [-0.3, -0.25) is 4.79 Å². The van der Waals surface area contributed by atoms with Crippen molar-refractivity contribution < 1.29 is 14.3 Å². The molecule has 9 heteroatoms. The normalized spacial score (nSPS) is 16.4. The molecule has 2 amide bonds. The van der Waals surface area contributed by atoms with Crippen LogP contribution in [0.25, 0.3) is 0 Å². The van der Waals surface area contributed by atoms with Crippen LogP contribution >= 0.6 is 24.0 Å². The quantitative estimate of drug-likeness (QED) is 0.326. The van der Waals surface area contributed by atoms with Gasteiger partial charge in [0.1, 0.15) is 12.1 Å². The number of nitrogens with zero attached hydrogens (tertiary/aromatic N) is 3. The zero-order valence-corrected chi connectivity index (χ0v) is 21.5. The second kappa shape index (κ2) is 12.7. The van der Waals surface area contributed by atoms with Gasteiger partial charge in [0, 0.05) is 39.8 Å². The number of hydrogen-bond acceptors (Lipinski definition) is 4. The molecule has 2 N–H and O–H groups in total. The standard InChI is InChI=1S/C22H35N5O3.HI/c1-22(2,3)30-21(29)27-14-12-18(16-27)25-20(24-15-19(28)26(4)5)23-13-11-17-9-7-6-8-10-17;/h6-10,18H,11-16H2,1-5H3,(H2,23,24,25);1H. The minimum atomic E-state index is -0.513. The molecule has 31 heavy (non-hydrogen) atoms. The van der Waals surface area contributed by atoms with E-state index in [2.05, 4.69) is 27.8 Å². The van der Waals surface area contributed by atoms with Crippen molar-refractivity contribution in [1.29, 1.82) is 0 Å². The Kier molecular flexibility index (Phi) is 11.1. The highest BCUT2D eigenvalue weighted by Gasteiger charge is 2.30. The van der Waals surface area contributed by atoms with Gasteiger partial charge >= 0.3 is 6.09 Å². The van der Waals surface area contributed by atoms with Crippen molar-refractivity contribution in [3.05, 3.63) is 35.9 Å². The smallest absolute Gasteiger partial charge is 0.410 e. The summed E-state index contributed by atoms with van der Waals surface area (Å²) in [6, 6.07) is 10.2. The monoisotopic (exact) mass is 545 g/mol. The molecule has 1 unspecified atom stereocenters. The zero-order chi connectivity index (χ0) is 22.1. The van der Waals surface area contributed by atoms with E-state index >= 15 is 0 Å². The number of nitrogens with one attached hydrogen (secondary N) is 2. The Morgan fingerprint density at radius 2 is 1.90 bits per heavy atom. The number of aliphatic imine (C=N–C) groups is 1. The Bertz CT molecular complexity index is 734. The summed E-state index contributed by atoms with van der Waals surface area (Å²) in [5.74, 6) is 0.512. The third-order valence-electron chi connectivity index (χ3n) is 4.60. The Morgan fingerprint density at radius 3 is 2.52 bits per heavy atom. The number of likely N-dealkylation sites (N-methyl/N-ethyl adjacent to an activating group) is 1. The summed E-state index contributed by atoms with van der Waals surface area (Å²) >= 11 is 0. The molecule has 1 heterocycles. The van der Waals surface area contributed by atoms with Gasteiger partial charge < -0.3 is 25.2 Å². The molecule has 0 saturated carbocycles. The summed E-state index contributed by atoms with van der Waals surface area (Å²) in [5.41, 5.74) is 0.714. The summed E-state index contributed by atoms with van der Waals surface area (Å²) in [4.78, 5) is 31.9. The maximum absolute atomic E-state index is 12.3. The summed E-state index contributed by atoms with van der Waals surface area (Å²) < 4.78 is 5.46. The van der Waals surface area contributed by atoms with Gasteiger partial charge in [-0.1, -0.05) is 30.3 Å².